The van der Waals surface area contributed by atoms with Crippen molar-refractivity contribution < 1.29 is 14.3 Å². The highest BCUT2D eigenvalue weighted by atomic mass is 16.5. The number of nitrogens with zero attached hydrogens (tertiary/aromatic N) is 1. The molecule has 0 aromatic rings. The molecule has 1 amide bonds. The third-order valence-corrected chi connectivity index (χ3v) is 2.73. The molecule has 0 spiro atoms. The second kappa shape index (κ2) is 6.80. The first kappa shape index (κ1) is 13.4. The maximum Gasteiger partial charge on any atom is 0.234 e. The number of ether oxygens (including phenoxy) is 2. The summed E-state index contributed by atoms with van der Waals surface area (Å²) < 4.78 is 10.6. The van der Waals surface area contributed by atoms with E-state index in [1.165, 1.54) is 0 Å². The van der Waals surface area contributed by atoms with Gasteiger partial charge < -0.3 is 20.5 Å². The molecule has 6 nitrogen and oxygen atoms in total. The smallest absolute Gasteiger partial charge is 0.234 e. The number of rotatable bonds is 6. The summed E-state index contributed by atoms with van der Waals surface area (Å²) in [4.78, 5) is 13.5. The fourth-order valence-corrected chi connectivity index (χ4v) is 1.87. The van der Waals surface area contributed by atoms with Gasteiger partial charge in [0.25, 0.3) is 0 Å². The Hall–Kier alpha value is -0.690. The quantitative estimate of drug-likeness (QED) is 0.576. The van der Waals surface area contributed by atoms with Crippen molar-refractivity contribution in [1.82, 2.24) is 10.2 Å². The molecule has 1 heterocycles. The van der Waals surface area contributed by atoms with Crippen molar-refractivity contribution in [1.29, 1.82) is 0 Å². The van der Waals surface area contributed by atoms with Gasteiger partial charge in [0.15, 0.2) is 0 Å². The molecule has 1 aliphatic heterocycles. The number of hydrogen-bond donors (Lipinski definition) is 2. The Morgan fingerprint density at radius 2 is 1.94 bits per heavy atom. The van der Waals surface area contributed by atoms with Crippen LogP contribution in [-0.2, 0) is 14.3 Å². The molecule has 1 saturated heterocycles. The van der Waals surface area contributed by atoms with Gasteiger partial charge in [-0.25, -0.2) is 0 Å². The fourth-order valence-electron chi connectivity index (χ4n) is 1.87. The highest BCUT2D eigenvalue weighted by molar-refractivity contribution is 5.78. The number of amides is 1. The minimum atomic E-state index is -0.00273. The van der Waals surface area contributed by atoms with Gasteiger partial charge in [-0.15, -0.1) is 0 Å². The van der Waals surface area contributed by atoms with Crippen LogP contribution in [0.4, 0.5) is 0 Å². The Bertz CT molecular complexity index is 213. The first-order chi connectivity index (χ1) is 7.71. The zero-order valence-electron chi connectivity index (χ0n) is 9.94. The van der Waals surface area contributed by atoms with Crippen LogP contribution in [-0.4, -0.2) is 70.0 Å². The van der Waals surface area contributed by atoms with Crippen molar-refractivity contribution in [2.45, 2.75) is 12.2 Å². The molecule has 2 unspecified atom stereocenters. The van der Waals surface area contributed by atoms with Crippen LogP contribution >= 0.6 is 0 Å². The number of hydrogen-bond acceptors (Lipinski definition) is 5. The fraction of sp³-hybridized carbons (Fsp3) is 0.900. The first-order valence-corrected chi connectivity index (χ1v) is 5.46. The molecular weight excluding hydrogens is 210 g/mol. The molecule has 0 aromatic heterocycles. The number of nitrogens with one attached hydrogen (secondary N) is 1. The van der Waals surface area contributed by atoms with Gasteiger partial charge in [0, 0.05) is 40.4 Å². The lowest BCUT2D eigenvalue weighted by Gasteiger charge is -2.14. The van der Waals surface area contributed by atoms with E-state index >= 15 is 0 Å². The molecule has 0 aliphatic carbocycles. The standard InChI is InChI=1S/C10H21N3O3/c1-15-8-5-13(6-9(8)16-2)7-10(14)12-4-3-11/h8-9H,3-7,11H2,1-2H3,(H,12,14). The van der Waals surface area contributed by atoms with E-state index in [2.05, 4.69) is 5.32 Å². The summed E-state index contributed by atoms with van der Waals surface area (Å²) in [5, 5.41) is 2.74. The molecule has 94 valence electrons. The molecule has 1 aliphatic rings. The lowest BCUT2D eigenvalue weighted by molar-refractivity contribution is -0.122. The molecular formula is C10H21N3O3. The third-order valence-electron chi connectivity index (χ3n) is 2.73. The van der Waals surface area contributed by atoms with E-state index in [0.29, 0.717) is 19.6 Å². The second-order valence-corrected chi connectivity index (χ2v) is 3.88. The van der Waals surface area contributed by atoms with Crippen LogP contribution in [0, 0.1) is 0 Å². The molecule has 0 aromatic carbocycles. The summed E-state index contributed by atoms with van der Waals surface area (Å²) >= 11 is 0. The van der Waals surface area contributed by atoms with E-state index < -0.39 is 0 Å². The van der Waals surface area contributed by atoms with Crippen LogP contribution in [0.15, 0.2) is 0 Å². The maximum absolute atomic E-state index is 11.5. The average Bonchev–Trinajstić information content (AvgIpc) is 2.68. The minimum Gasteiger partial charge on any atom is -0.377 e. The first-order valence-electron chi connectivity index (χ1n) is 5.46. The Morgan fingerprint density at radius 1 is 1.38 bits per heavy atom. The SMILES string of the molecule is COC1CN(CC(=O)NCCN)CC1OC. The van der Waals surface area contributed by atoms with Gasteiger partial charge in [-0.1, -0.05) is 0 Å². The summed E-state index contributed by atoms with van der Waals surface area (Å²) in [5.41, 5.74) is 5.30. The predicted molar refractivity (Wildman–Crippen MR) is 60.1 cm³/mol. The van der Waals surface area contributed by atoms with Gasteiger partial charge in [-0.3, -0.25) is 9.69 Å². The van der Waals surface area contributed by atoms with Crippen molar-refractivity contribution in [3.8, 4) is 0 Å². The highest BCUT2D eigenvalue weighted by Crippen LogP contribution is 2.14. The number of methoxy groups -OCH3 is 2. The normalized spacial score (nSPS) is 25.9. The lowest BCUT2D eigenvalue weighted by Crippen LogP contribution is -2.38. The summed E-state index contributed by atoms with van der Waals surface area (Å²) in [6.45, 7) is 2.82. The van der Waals surface area contributed by atoms with Crippen LogP contribution < -0.4 is 11.1 Å². The van der Waals surface area contributed by atoms with Gasteiger partial charge >= 0.3 is 0 Å². The molecule has 0 bridgehead atoms. The Morgan fingerprint density at radius 3 is 2.38 bits per heavy atom. The number of carbonyl (C=O) groups excluding carboxylic acids is 1. The third kappa shape index (κ3) is 3.71. The minimum absolute atomic E-state index is 0.00273. The van der Waals surface area contributed by atoms with Crippen molar-refractivity contribution >= 4 is 5.91 Å². The Balaban J connectivity index is 2.31. The van der Waals surface area contributed by atoms with Crippen LogP contribution in [0.1, 0.15) is 0 Å². The second-order valence-electron chi connectivity index (χ2n) is 3.88. The van der Waals surface area contributed by atoms with Crippen LogP contribution in [0.25, 0.3) is 0 Å². The molecule has 6 heteroatoms. The summed E-state index contributed by atoms with van der Waals surface area (Å²) in [6.07, 6.45) is 0.0969. The van der Waals surface area contributed by atoms with E-state index in [0.717, 1.165) is 13.1 Å². The lowest BCUT2D eigenvalue weighted by atomic mass is 10.3. The number of nitrogens with two attached hydrogens (primary N) is 1. The largest absolute Gasteiger partial charge is 0.377 e. The maximum atomic E-state index is 11.5. The van der Waals surface area contributed by atoms with Crippen molar-refractivity contribution in [2.75, 3.05) is 46.9 Å². The zero-order valence-corrected chi connectivity index (χ0v) is 9.94. The molecule has 0 saturated carbocycles. The van der Waals surface area contributed by atoms with Gasteiger partial charge in [-0.05, 0) is 0 Å². The van der Waals surface area contributed by atoms with Crippen molar-refractivity contribution in [2.24, 2.45) is 5.73 Å². The molecule has 16 heavy (non-hydrogen) atoms. The van der Waals surface area contributed by atoms with E-state index in [1.54, 1.807) is 14.2 Å². The molecule has 2 atom stereocenters. The van der Waals surface area contributed by atoms with E-state index in [1.807, 2.05) is 4.90 Å². The summed E-state index contributed by atoms with van der Waals surface area (Å²) in [5.74, 6) is -0.00273. The monoisotopic (exact) mass is 231 g/mol. The highest BCUT2D eigenvalue weighted by Gasteiger charge is 2.33. The van der Waals surface area contributed by atoms with Gasteiger partial charge in [0.2, 0.25) is 5.91 Å². The zero-order chi connectivity index (χ0) is 12.0. The number of likely N-dealkylation sites (tertiary alicyclic amines) is 1. The molecule has 1 fully saturated rings. The predicted octanol–water partition coefficient (Wildman–Crippen LogP) is -1.59. The van der Waals surface area contributed by atoms with Crippen LogP contribution in [0.3, 0.4) is 0 Å². The van der Waals surface area contributed by atoms with Crippen molar-refractivity contribution in [3.63, 3.8) is 0 Å². The van der Waals surface area contributed by atoms with E-state index in [4.69, 9.17) is 15.2 Å². The number of carbonyl (C=O) groups is 1. The van der Waals surface area contributed by atoms with Gasteiger partial charge in [-0.2, -0.15) is 0 Å². The average molecular weight is 231 g/mol. The summed E-state index contributed by atoms with van der Waals surface area (Å²) in [6, 6.07) is 0. The van der Waals surface area contributed by atoms with E-state index in [9.17, 15) is 4.79 Å². The Kier molecular flexibility index (Phi) is 5.68. The van der Waals surface area contributed by atoms with Gasteiger partial charge in [0.1, 0.15) is 0 Å². The van der Waals surface area contributed by atoms with Gasteiger partial charge in [0.05, 0.1) is 18.8 Å². The van der Waals surface area contributed by atoms with Crippen LogP contribution in [0.2, 0.25) is 0 Å². The summed E-state index contributed by atoms with van der Waals surface area (Å²) in [7, 11) is 3.32. The molecule has 0 radical (unpaired) electrons. The van der Waals surface area contributed by atoms with Crippen molar-refractivity contribution in [3.05, 3.63) is 0 Å². The van der Waals surface area contributed by atoms with Crippen LogP contribution in [0.5, 0.6) is 0 Å². The Labute approximate surface area is 96.1 Å². The molecule has 3 N–H and O–H groups in total. The topological polar surface area (TPSA) is 76.8 Å². The molecule has 1 rings (SSSR count). The van der Waals surface area contributed by atoms with E-state index in [-0.39, 0.29) is 18.1 Å².